The van der Waals surface area contributed by atoms with Crippen molar-refractivity contribution in [3.63, 3.8) is 0 Å². The normalized spacial score (nSPS) is 14.8. The van der Waals surface area contributed by atoms with E-state index in [2.05, 4.69) is 22.6 Å². The number of methoxy groups -OCH3 is 1. The van der Waals surface area contributed by atoms with Gasteiger partial charge < -0.3 is 14.2 Å². The van der Waals surface area contributed by atoms with Crippen LogP contribution in [-0.2, 0) is 20.9 Å². The minimum atomic E-state index is -0.623. The van der Waals surface area contributed by atoms with E-state index < -0.39 is 23.7 Å². The van der Waals surface area contributed by atoms with Crippen molar-refractivity contribution in [3.8, 4) is 11.5 Å². The van der Waals surface area contributed by atoms with Crippen molar-refractivity contribution < 1.29 is 28.6 Å². The van der Waals surface area contributed by atoms with Crippen LogP contribution in [0.2, 0.25) is 0 Å². The van der Waals surface area contributed by atoms with Crippen LogP contribution in [0.15, 0.2) is 47.4 Å². The summed E-state index contributed by atoms with van der Waals surface area (Å²) in [4.78, 5) is 37.4. The molecule has 162 valence electrons. The Morgan fingerprint density at radius 3 is 2.55 bits per heavy atom. The summed E-state index contributed by atoms with van der Waals surface area (Å²) in [5.74, 6) is -0.0814. The molecule has 1 saturated heterocycles. The topological polar surface area (TPSA) is 82.1 Å². The standard InChI is InChI=1S/C22H20INO6S/c1-3-29-20(25)12-24-21(26)19(31-22(24)27)11-15-6-9-17(18(10-15)28-2)30-13-14-4-7-16(23)8-5-14/h4-11H,3,12-13H2,1-2H3. The summed E-state index contributed by atoms with van der Waals surface area (Å²) in [7, 11) is 1.53. The van der Waals surface area contributed by atoms with Gasteiger partial charge in [0.15, 0.2) is 11.5 Å². The zero-order valence-electron chi connectivity index (χ0n) is 16.9. The molecule has 1 heterocycles. The van der Waals surface area contributed by atoms with Crippen molar-refractivity contribution in [1.29, 1.82) is 0 Å². The third-order valence-electron chi connectivity index (χ3n) is 4.26. The molecule has 2 amide bonds. The third-order valence-corrected chi connectivity index (χ3v) is 5.89. The number of hydrogen-bond acceptors (Lipinski definition) is 7. The first-order valence-corrected chi connectivity index (χ1v) is 11.3. The van der Waals surface area contributed by atoms with E-state index in [4.69, 9.17) is 14.2 Å². The zero-order valence-corrected chi connectivity index (χ0v) is 19.9. The fourth-order valence-corrected chi connectivity index (χ4v) is 3.96. The van der Waals surface area contributed by atoms with E-state index in [0.29, 0.717) is 23.7 Å². The van der Waals surface area contributed by atoms with Crippen LogP contribution in [0.4, 0.5) is 4.79 Å². The summed E-state index contributed by atoms with van der Waals surface area (Å²) in [5, 5.41) is -0.506. The molecular weight excluding hydrogens is 533 g/mol. The molecule has 0 radical (unpaired) electrons. The smallest absolute Gasteiger partial charge is 0.326 e. The lowest BCUT2D eigenvalue weighted by Crippen LogP contribution is -2.34. The first-order valence-electron chi connectivity index (χ1n) is 9.37. The summed E-state index contributed by atoms with van der Waals surface area (Å²) in [6, 6.07) is 13.3. The Hall–Kier alpha value is -2.53. The van der Waals surface area contributed by atoms with Gasteiger partial charge in [0.05, 0.1) is 18.6 Å². The lowest BCUT2D eigenvalue weighted by Gasteiger charge is -2.12. The summed E-state index contributed by atoms with van der Waals surface area (Å²) < 4.78 is 17.2. The highest BCUT2D eigenvalue weighted by atomic mass is 127. The second kappa shape index (κ2) is 10.7. The Morgan fingerprint density at radius 1 is 1.13 bits per heavy atom. The number of carbonyl (C=O) groups is 3. The highest BCUT2D eigenvalue weighted by Gasteiger charge is 2.36. The molecule has 0 aromatic heterocycles. The van der Waals surface area contributed by atoms with Crippen molar-refractivity contribution >= 4 is 57.5 Å². The minimum absolute atomic E-state index is 0.183. The van der Waals surface area contributed by atoms with E-state index in [1.807, 2.05) is 24.3 Å². The van der Waals surface area contributed by atoms with Crippen LogP contribution < -0.4 is 9.47 Å². The van der Waals surface area contributed by atoms with Crippen molar-refractivity contribution in [2.75, 3.05) is 20.3 Å². The van der Waals surface area contributed by atoms with Crippen LogP contribution in [0.5, 0.6) is 11.5 Å². The SMILES string of the molecule is CCOC(=O)CN1C(=O)SC(=Cc2ccc(OCc3ccc(I)cc3)c(OC)c2)C1=O. The van der Waals surface area contributed by atoms with Gasteiger partial charge in [-0.2, -0.15) is 0 Å². The van der Waals surface area contributed by atoms with E-state index in [9.17, 15) is 14.4 Å². The highest BCUT2D eigenvalue weighted by Crippen LogP contribution is 2.34. The highest BCUT2D eigenvalue weighted by molar-refractivity contribution is 14.1. The monoisotopic (exact) mass is 553 g/mol. The Bertz CT molecular complexity index is 1020. The molecule has 0 N–H and O–H groups in total. The molecular formula is C22H20INO6S. The molecule has 2 aromatic carbocycles. The van der Waals surface area contributed by atoms with E-state index in [0.717, 1.165) is 25.8 Å². The lowest BCUT2D eigenvalue weighted by molar-refractivity contribution is -0.145. The number of amides is 2. The molecule has 2 aromatic rings. The summed E-state index contributed by atoms with van der Waals surface area (Å²) >= 11 is 3.03. The molecule has 0 saturated carbocycles. The van der Waals surface area contributed by atoms with E-state index >= 15 is 0 Å². The lowest BCUT2D eigenvalue weighted by atomic mass is 10.1. The maximum atomic E-state index is 12.5. The number of nitrogens with zero attached hydrogens (tertiary/aromatic N) is 1. The van der Waals surface area contributed by atoms with Gasteiger partial charge in [-0.05, 0) is 82.7 Å². The number of halogens is 1. The molecule has 31 heavy (non-hydrogen) atoms. The Kier molecular flexibility index (Phi) is 7.97. The van der Waals surface area contributed by atoms with Gasteiger partial charge in [0, 0.05) is 3.57 Å². The minimum Gasteiger partial charge on any atom is -0.493 e. The second-order valence-corrected chi connectivity index (χ2v) is 8.64. The van der Waals surface area contributed by atoms with Crippen LogP contribution in [-0.4, -0.2) is 42.3 Å². The average Bonchev–Trinajstić information content (AvgIpc) is 3.01. The number of esters is 1. The fourth-order valence-electron chi connectivity index (χ4n) is 2.76. The van der Waals surface area contributed by atoms with Gasteiger partial charge in [-0.3, -0.25) is 19.3 Å². The van der Waals surface area contributed by atoms with Gasteiger partial charge in [-0.15, -0.1) is 0 Å². The molecule has 3 rings (SSSR count). The van der Waals surface area contributed by atoms with Crippen molar-refractivity contribution in [2.24, 2.45) is 0 Å². The first kappa shape index (κ1) is 23.1. The number of benzene rings is 2. The fraction of sp³-hybridized carbons (Fsp3) is 0.227. The van der Waals surface area contributed by atoms with Crippen molar-refractivity contribution in [3.05, 3.63) is 62.1 Å². The van der Waals surface area contributed by atoms with E-state index in [-0.39, 0.29) is 11.5 Å². The molecule has 9 heteroatoms. The predicted molar refractivity (Wildman–Crippen MR) is 126 cm³/mol. The van der Waals surface area contributed by atoms with E-state index in [1.54, 1.807) is 31.2 Å². The Balaban J connectivity index is 1.72. The third kappa shape index (κ3) is 6.01. The largest absolute Gasteiger partial charge is 0.493 e. The first-order chi connectivity index (χ1) is 14.9. The molecule has 0 aliphatic carbocycles. The van der Waals surface area contributed by atoms with Gasteiger partial charge in [-0.25, -0.2) is 0 Å². The molecule has 7 nitrogen and oxygen atoms in total. The Labute approximate surface area is 197 Å². The maximum absolute atomic E-state index is 12.5. The molecule has 0 spiro atoms. The predicted octanol–water partition coefficient (Wildman–Crippen LogP) is 4.48. The van der Waals surface area contributed by atoms with Crippen LogP contribution in [0.1, 0.15) is 18.1 Å². The number of thioether (sulfide) groups is 1. The van der Waals surface area contributed by atoms with Gasteiger partial charge in [0.1, 0.15) is 13.2 Å². The van der Waals surface area contributed by atoms with Crippen molar-refractivity contribution in [1.82, 2.24) is 4.90 Å². The summed E-state index contributed by atoms with van der Waals surface area (Å²) in [5.41, 5.74) is 1.70. The molecule has 1 aliphatic rings. The number of rotatable bonds is 8. The summed E-state index contributed by atoms with van der Waals surface area (Å²) in [6.07, 6.45) is 1.58. The number of hydrogen-bond donors (Lipinski definition) is 0. The van der Waals surface area contributed by atoms with Gasteiger partial charge in [0.2, 0.25) is 0 Å². The molecule has 0 bridgehead atoms. The van der Waals surface area contributed by atoms with E-state index in [1.165, 1.54) is 7.11 Å². The van der Waals surface area contributed by atoms with Crippen LogP contribution in [0, 0.1) is 3.57 Å². The number of carbonyl (C=O) groups excluding carboxylic acids is 3. The van der Waals surface area contributed by atoms with Gasteiger partial charge >= 0.3 is 5.97 Å². The van der Waals surface area contributed by atoms with Gasteiger partial charge in [-0.1, -0.05) is 18.2 Å². The molecule has 0 atom stereocenters. The van der Waals surface area contributed by atoms with Crippen LogP contribution in [0.25, 0.3) is 6.08 Å². The number of ether oxygens (including phenoxy) is 3. The molecule has 1 fully saturated rings. The quantitative estimate of drug-likeness (QED) is 0.271. The van der Waals surface area contributed by atoms with Crippen LogP contribution >= 0.6 is 34.4 Å². The van der Waals surface area contributed by atoms with Crippen LogP contribution in [0.3, 0.4) is 0 Å². The van der Waals surface area contributed by atoms with Crippen molar-refractivity contribution in [2.45, 2.75) is 13.5 Å². The molecule has 0 unspecified atom stereocenters. The summed E-state index contributed by atoms with van der Waals surface area (Å²) in [6.45, 7) is 1.83. The average molecular weight is 553 g/mol. The maximum Gasteiger partial charge on any atom is 0.326 e. The van der Waals surface area contributed by atoms with Gasteiger partial charge in [0.25, 0.3) is 11.1 Å². The number of imide groups is 1. The second-order valence-electron chi connectivity index (χ2n) is 6.40. The molecule has 1 aliphatic heterocycles. The Morgan fingerprint density at radius 2 is 1.87 bits per heavy atom. The zero-order chi connectivity index (χ0) is 22.4.